The average Bonchev–Trinajstić information content (AvgIpc) is 1.95. The van der Waals surface area contributed by atoms with Crippen molar-refractivity contribution >= 4 is 23.3 Å². The minimum absolute atomic E-state index is 0.0131. The van der Waals surface area contributed by atoms with E-state index in [-0.39, 0.29) is 5.02 Å². The maximum absolute atomic E-state index is 12.4. The number of hydrogen-bond donors (Lipinski definition) is 0. The van der Waals surface area contributed by atoms with Gasteiger partial charge in [0, 0.05) is 16.3 Å². The van der Waals surface area contributed by atoms with Crippen LogP contribution in [0.1, 0.15) is 0 Å². The van der Waals surface area contributed by atoms with Gasteiger partial charge in [-0.05, 0) is 6.07 Å². The molecule has 0 unspecified atom stereocenters. The molecule has 0 amide bonds. The molecule has 1 nitrogen and oxygen atoms in total. The minimum Gasteiger partial charge on any atom is -0.205 e. The zero-order valence-electron chi connectivity index (χ0n) is 4.80. The third kappa shape index (κ3) is 1.49. The Labute approximate surface area is 66.3 Å². The van der Waals surface area contributed by atoms with Gasteiger partial charge in [-0.1, -0.05) is 11.6 Å². The fourth-order valence-corrected chi connectivity index (χ4v) is 1.06. The normalized spacial score (nSPS) is 9.40. The van der Waals surface area contributed by atoms with E-state index in [1.54, 1.807) is 0 Å². The molecule has 0 bridgehead atoms. The highest BCUT2D eigenvalue weighted by atomic mass is 35.5. The van der Waals surface area contributed by atoms with Gasteiger partial charge < -0.3 is 0 Å². The van der Waals surface area contributed by atoms with Gasteiger partial charge in [0.1, 0.15) is 5.82 Å². The Kier molecular flexibility index (Phi) is 2.29. The maximum atomic E-state index is 12.4. The number of hydrogen-bond acceptors (Lipinski definition) is 1. The molecule has 0 radical (unpaired) electrons. The van der Waals surface area contributed by atoms with E-state index in [9.17, 15) is 8.60 Å². The molecule has 0 heterocycles. The Balaban J connectivity index is 3.16. The van der Waals surface area contributed by atoms with Crippen LogP contribution in [0.25, 0.3) is 0 Å². The molecular formula is C6H3ClFOS+. The van der Waals surface area contributed by atoms with E-state index in [1.165, 1.54) is 18.2 Å². The van der Waals surface area contributed by atoms with Gasteiger partial charge in [0.2, 0.25) is 0 Å². The summed E-state index contributed by atoms with van der Waals surface area (Å²) in [5.41, 5.74) is 0. The molecule has 0 aromatic heterocycles. The van der Waals surface area contributed by atoms with Crippen LogP contribution in [0.4, 0.5) is 4.39 Å². The van der Waals surface area contributed by atoms with E-state index >= 15 is 0 Å². The van der Waals surface area contributed by atoms with Gasteiger partial charge in [-0.3, -0.25) is 0 Å². The van der Waals surface area contributed by atoms with Crippen molar-refractivity contribution in [2.24, 2.45) is 0 Å². The van der Waals surface area contributed by atoms with Crippen LogP contribution in [-0.2, 0) is 15.9 Å². The van der Waals surface area contributed by atoms with Gasteiger partial charge in [-0.2, -0.15) is 0 Å². The predicted octanol–water partition coefficient (Wildman–Crippen LogP) is 2.27. The van der Waals surface area contributed by atoms with Gasteiger partial charge in [0.15, 0.2) is 0 Å². The van der Waals surface area contributed by atoms with Crippen molar-refractivity contribution in [1.82, 2.24) is 0 Å². The van der Waals surface area contributed by atoms with Crippen LogP contribution >= 0.6 is 11.6 Å². The summed E-state index contributed by atoms with van der Waals surface area (Å²) in [5.74, 6) is -0.500. The van der Waals surface area contributed by atoms with Gasteiger partial charge >= 0.3 is 11.7 Å². The standard InChI is InChI=1S/C6H3ClFOS/c7-5-3-4(10-9)1-2-6(5)8/h1-3H/q+1. The highest BCUT2D eigenvalue weighted by Crippen LogP contribution is 2.15. The summed E-state index contributed by atoms with van der Waals surface area (Å²) < 4.78 is 22.5. The third-order valence-corrected chi connectivity index (χ3v) is 1.72. The molecule has 1 rings (SSSR count). The van der Waals surface area contributed by atoms with Crippen molar-refractivity contribution < 1.29 is 8.60 Å². The molecule has 0 atom stereocenters. The third-order valence-electron chi connectivity index (χ3n) is 0.987. The molecule has 52 valence electrons. The summed E-state index contributed by atoms with van der Waals surface area (Å²) in [4.78, 5) is 0.423. The fraction of sp³-hybridized carbons (Fsp3) is 0. The fourth-order valence-electron chi connectivity index (χ4n) is 0.529. The molecule has 0 fully saturated rings. The summed E-state index contributed by atoms with van der Waals surface area (Å²) in [5, 5.41) is -0.0131. The Morgan fingerprint density at radius 1 is 1.50 bits per heavy atom. The minimum atomic E-state index is -0.500. The van der Waals surface area contributed by atoms with Crippen molar-refractivity contribution in [3.05, 3.63) is 29.0 Å². The Hall–Kier alpha value is -0.540. The molecule has 1 aromatic rings. The van der Waals surface area contributed by atoms with Crippen molar-refractivity contribution in [2.45, 2.75) is 4.90 Å². The maximum Gasteiger partial charge on any atom is 0.505 e. The lowest BCUT2D eigenvalue weighted by Gasteiger charge is -1.86. The molecule has 0 aliphatic carbocycles. The van der Waals surface area contributed by atoms with Crippen molar-refractivity contribution in [2.75, 3.05) is 0 Å². The molecule has 0 spiro atoms. The second kappa shape index (κ2) is 3.03. The monoisotopic (exact) mass is 177 g/mol. The highest BCUT2D eigenvalue weighted by Gasteiger charge is 2.08. The van der Waals surface area contributed by atoms with Gasteiger partial charge in [0.05, 0.1) is 5.02 Å². The Bertz CT molecular complexity index is 264. The molecule has 0 aliphatic heterocycles. The van der Waals surface area contributed by atoms with Gasteiger partial charge in [-0.15, -0.1) is 0 Å². The Morgan fingerprint density at radius 3 is 2.70 bits per heavy atom. The van der Waals surface area contributed by atoms with Gasteiger partial charge in [-0.25, -0.2) is 4.39 Å². The first-order valence-corrected chi connectivity index (χ1v) is 3.61. The van der Waals surface area contributed by atoms with E-state index in [2.05, 4.69) is 0 Å². The van der Waals surface area contributed by atoms with E-state index in [1.807, 2.05) is 0 Å². The van der Waals surface area contributed by atoms with Crippen LogP contribution in [0.3, 0.4) is 0 Å². The Morgan fingerprint density at radius 2 is 2.20 bits per heavy atom. The summed E-state index contributed by atoms with van der Waals surface area (Å²) >= 11 is 5.66. The predicted molar refractivity (Wildman–Crippen MR) is 37.7 cm³/mol. The highest BCUT2D eigenvalue weighted by molar-refractivity contribution is 7.65. The van der Waals surface area contributed by atoms with Crippen molar-refractivity contribution in [1.29, 1.82) is 0 Å². The summed E-state index contributed by atoms with van der Waals surface area (Å²) in [6.45, 7) is 0. The smallest absolute Gasteiger partial charge is 0.205 e. The number of benzene rings is 1. The summed E-state index contributed by atoms with van der Waals surface area (Å²) in [6.07, 6.45) is 0. The molecule has 0 N–H and O–H groups in total. The first kappa shape index (κ1) is 7.57. The average molecular weight is 178 g/mol. The lowest BCUT2D eigenvalue weighted by molar-refractivity contribution is 0.604. The zero-order chi connectivity index (χ0) is 7.56. The molecule has 0 aliphatic rings. The summed E-state index contributed by atoms with van der Waals surface area (Å²) in [7, 11) is 0. The lowest BCUT2D eigenvalue weighted by Crippen LogP contribution is -1.77. The molecule has 10 heavy (non-hydrogen) atoms. The lowest BCUT2D eigenvalue weighted by atomic mass is 10.3. The second-order valence-corrected chi connectivity index (χ2v) is 2.70. The first-order valence-electron chi connectivity index (χ1n) is 2.49. The quantitative estimate of drug-likeness (QED) is 0.602. The second-order valence-electron chi connectivity index (χ2n) is 1.66. The van der Waals surface area contributed by atoms with Crippen LogP contribution in [0.2, 0.25) is 5.02 Å². The molecule has 0 saturated carbocycles. The SMILES string of the molecule is O=[S+]c1ccc(F)c(Cl)c1. The van der Waals surface area contributed by atoms with Crippen LogP contribution < -0.4 is 0 Å². The molecule has 1 aromatic carbocycles. The van der Waals surface area contributed by atoms with Crippen LogP contribution in [0, 0.1) is 5.82 Å². The largest absolute Gasteiger partial charge is 0.505 e. The van der Waals surface area contributed by atoms with E-state index in [0.29, 0.717) is 16.6 Å². The zero-order valence-corrected chi connectivity index (χ0v) is 6.38. The molecular weight excluding hydrogens is 175 g/mol. The summed E-state index contributed by atoms with van der Waals surface area (Å²) in [6, 6.07) is 3.86. The van der Waals surface area contributed by atoms with E-state index in [4.69, 9.17) is 11.6 Å². The van der Waals surface area contributed by atoms with Crippen LogP contribution in [0.5, 0.6) is 0 Å². The van der Waals surface area contributed by atoms with E-state index in [0.717, 1.165) is 0 Å². The molecule has 4 heteroatoms. The van der Waals surface area contributed by atoms with E-state index < -0.39 is 5.82 Å². The van der Waals surface area contributed by atoms with Crippen molar-refractivity contribution in [3.8, 4) is 0 Å². The van der Waals surface area contributed by atoms with Gasteiger partial charge in [0.25, 0.3) is 4.90 Å². The molecule has 0 saturated heterocycles. The topological polar surface area (TPSA) is 17.1 Å². The van der Waals surface area contributed by atoms with Crippen LogP contribution in [0.15, 0.2) is 23.1 Å². The van der Waals surface area contributed by atoms with Crippen molar-refractivity contribution in [3.63, 3.8) is 0 Å². The first-order chi connectivity index (χ1) is 4.74. The number of rotatable bonds is 1. The number of halogens is 2. The van der Waals surface area contributed by atoms with Crippen LogP contribution in [-0.4, -0.2) is 0 Å².